The van der Waals surface area contributed by atoms with Crippen LogP contribution < -0.4 is 21.9 Å². The number of nitrogens with zero attached hydrogens (tertiary/aromatic N) is 4. The molecule has 0 spiro atoms. The van der Waals surface area contributed by atoms with Crippen molar-refractivity contribution in [3.8, 4) is 6.07 Å². The molecule has 2 aromatic rings. The van der Waals surface area contributed by atoms with Crippen LogP contribution in [0.25, 0.3) is 0 Å². The van der Waals surface area contributed by atoms with E-state index in [4.69, 9.17) is 15.9 Å². The van der Waals surface area contributed by atoms with Gasteiger partial charge in [-0.3, -0.25) is 23.5 Å². The standard InChI is InChI=1S/C18H20FN5O2.C4H6O4.ClH/c1-22-17(25)8-16(23-6-2-3-15(21)11-23)24(18(22)26)10-13-7-14(19)5-4-12(13)9-20;5-3(6)1-2-4(7)8;/h4-5,7-8,15H,2-3,6,10-11,21H2,1H3;1-2H2,(H,5,6)(H,7,8);1H/t15-;;/m0../s1. The van der Waals surface area contributed by atoms with Gasteiger partial charge in [-0.2, -0.15) is 5.26 Å². The first-order valence-electron chi connectivity index (χ1n) is 10.5. The van der Waals surface area contributed by atoms with Crippen molar-refractivity contribution in [1.29, 1.82) is 5.26 Å². The summed E-state index contributed by atoms with van der Waals surface area (Å²) in [6.07, 6.45) is 1.15. The summed E-state index contributed by atoms with van der Waals surface area (Å²) in [6, 6.07) is 7.19. The van der Waals surface area contributed by atoms with Crippen LogP contribution in [0.1, 0.15) is 36.8 Å². The Hall–Kier alpha value is -3.69. The number of aliphatic carboxylic acids is 2. The molecule has 0 amide bonds. The highest BCUT2D eigenvalue weighted by Gasteiger charge is 2.22. The van der Waals surface area contributed by atoms with Crippen LogP contribution in [0.2, 0.25) is 0 Å². The van der Waals surface area contributed by atoms with Crippen molar-refractivity contribution >= 4 is 30.2 Å². The van der Waals surface area contributed by atoms with Crippen molar-refractivity contribution in [3.63, 3.8) is 0 Å². The first-order chi connectivity index (χ1) is 16.0. The van der Waals surface area contributed by atoms with Crippen molar-refractivity contribution in [2.75, 3.05) is 18.0 Å². The van der Waals surface area contributed by atoms with E-state index in [2.05, 4.69) is 0 Å². The minimum Gasteiger partial charge on any atom is -0.481 e. The van der Waals surface area contributed by atoms with Gasteiger partial charge in [0.25, 0.3) is 5.56 Å². The van der Waals surface area contributed by atoms with E-state index in [1.165, 1.54) is 35.9 Å². The molecule has 1 saturated heterocycles. The molecular formula is C22H27ClFN5O6. The van der Waals surface area contributed by atoms with Crippen molar-refractivity contribution in [2.45, 2.75) is 38.3 Å². The lowest BCUT2D eigenvalue weighted by Crippen LogP contribution is -2.47. The summed E-state index contributed by atoms with van der Waals surface area (Å²) in [7, 11) is 1.39. The summed E-state index contributed by atoms with van der Waals surface area (Å²) in [4.78, 5) is 46.0. The zero-order valence-corrected chi connectivity index (χ0v) is 19.8. The Labute approximate surface area is 206 Å². The van der Waals surface area contributed by atoms with Crippen molar-refractivity contribution < 1.29 is 24.2 Å². The summed E-state index contributed by atoms with van der Waals surface area (Å²) < 4.78 is 16.1. The Morgan fingerprint density at radius 1 is 1.20 bits per heavy atom. The number of carbonyl (C=O) groups is 2. The lowest BCUT2D eigenvalue weighted by Gasteiger charge is -2.34. The number of carboxylic acid groups (broad SMARTS) is 2. The zero-order valence-electron chi connectivity index (χ0n) is 19.0. The van der Waals surface area contributed by atoms with Gasteiger partial charge in [0.05, 0.1) is 31.0 Å². The van der Waals surface area contributed by atoms with E-state index in [0.717, 1.165) is 17.4 Å². The largest absolute Gasteiger partial charge is 0.481 e. The van der Waals surface area contributed by atoms with Crippen LogP contribution in [0.3, 0.4) is 0 Å². The number of hydrogen-bond acceptors (Lipinski definition) is 7. The lowest BCUT2D eigenvalue weighted by molar-refractivity contribution is -0.143. The molecule has 0 aliphatic carbocycles. The van der Waals surface area contributed by atoms with Crippen LogP contribution >= 0.6 is 12.4 Å². The van der Waals surface area contributed by atoms with E-state index >= 15 is 0 Å². The smallest absolute Gasteiger partial charge is 0.332 e. The van der Waals surface area contributed by atoms with E-state index in [1.807, 2.05) is 11.0 Å². The molecule has 11 nitrogen and oxygen atoms in total. The number of rotatable bonds is 6. The Morgan fingerprint density at radius 3 is 2.37 bits per heavy atom. The van der Waals surface area contributed by atoms with Gasteiger partial charge in [-0.25, -0.2) is 9.18 Å². The maximum Gasteiger partial charge on any atom is 0.332 e. The predicted molar refractivity (Wildman–Crippen MR) is 127 cm³/mol. The maximum absolute atomic E-state index is 13.7. The van der Waals surface area contributed by atoms with Crippen molar-refractivity contribution in [1.82, 2.24) is 9.13 Å². The summed E-state index contributed by atoms with van der Waals surface area (Å²) in [5.74, 6) is -2.19. The molecule has 0 saturated carbocycles. The Kier molecular flexibility index (Phi) is 11.1. The predicted octanol–water partition coefficient (Wildman–Crippen LogP) is 0.891. The molecule has 3 rings (SSSR count). The molecule has 1 aromatic carbocycles. The summed E-state index contributed by atoms with van der Waals surface area (Å²) in [5.41, 5.74) is 5.77. The van der Waals surface area contributed by atoms with Crippen molar-refractivity contribution in [3.05, 3.63) is 62.0 Å². The summed E-state index contributed by atoms with van der Waals surface area (Å²) in [6.45, 7) is 1.20. The SMILES string of the molecule is Cl.Cn1c(=O)cc(N2CCC[C@H](N)C2)n(Cc2cc(F)ccc2C#N)c1=O.O=C(O)CCC(=O)O. The topological polar surface area (TPSA) is 172 Å². The van der Waals surface area contributed by atoms with E-state index in [-0.39, 0.29) is 43.4 Å². The average Bonchev–Trinajstić information content (AvgIpc) is 2.78. The second kappa shape index (κ2) is 13.3. The van der Waals surface area contributed by atoms with Gasteiger partial charge in [0.2, 0.25) is 0 Å². The van der Waals surface area contributed by atoms with Crippen LogP contribution in [0.15, 0.2) is 33.9 Å². The van der Waals surface area contributed by atoms with Gasteiger partial charge in [-0.15, -0.1) is 12.4 Å². The van der Waals surface area contributed by atoms with Gasteiger partial charge >= 0.3 is 17.6 Å². The highest BCUT2D eigenvalue weighted by molar-refractivity contribution is 5.85. The monoisotopic (exact) mass is 511 g/mol. The molecule has 1 atom stereocenters. The molecule has 0 unspecified atom stereocenters. The van der Waals surface area contributed by atoms with E-state index < -0.39 is 29.0 Å². The van der Waals surface area contributed by atoms with E-state index in [0.29, 0.717) is 24.5 Å². The number of halogens is 2. The fraction of sp³-hybridized carbons (Fsp3) is 0.409. The quantitative estimate of drug-likeness (QED) is 0.509. The van der Waals surface area contributed by atoms with Gasteiger partial charge in [0, 0.05) is 32.2 Å². The molecule has 2 heterocycles. The lowest BCUT2D eigenvalue weighted by atomic mass is 10.1. The second-order valence-corrected chi connectivity index (χ2v) is 7.82. The molecule has 190 valence electrons. The molecule has 13 heteroatoms. The summed E-state index contributed by atoms with van der Waals surface area (Å²) >= 11 is 0. The van der Waals surface area contributed by atoms with Gasteiger partial charge in [-0.1, -0.05) is 0 Å². The number of hydrogen-bond donors (Lipinski definition) is 3. The highest BCUT2D eigenvalue weighted by atomic mass is 35.5. The normalized spacial score (nSPS) is 14.7. The number of anilines is 1. The second-order valence-electron chi connectivity index (χ2n) is 7.82. The highest BCUT2D eigenvalue weighted by Crippen LogP contribution is 2.19. The van der Waals surface area contributed by atoms with Crippen LogP contribution in [0.4, 0.5) is 10.2 Å². The number of piperidine rings is 1. The van der Waals surface area contributed by atoms with Crippen LogP contribution in [-0.2, 0) is 23.2 Å². The third-order valence-electron chi connectivity index (χ3n) is 5.23. The molecule has 35 heavy (non-hydrogen) atoms. The fourth-order valence-corrected chi connectivity index (χ4v) is 3.47. The molecule has 0 radical (unpaired) electrons. The molecular weight excluding hydrogens is 485 g/mol. The Morgan fingerprint density at radius 2 is 1.83 bits per heavy atom. The van der Waals surface area contributed by atoms with E-state index in [9.17, 15) is 28.8 Å². The molecule has 1 fully saturated rings. The van der Waals surface area contributed by atoms with Gasteiger partial charge in [-0.05, 0) is 36.6 Å². The Bertz CT molecular complexity index is 1210. The fourth-order valence-electron chi connectivity index (χ4n) is 3.47. The molecule has 0 bridgehead atoms. The van der Waals surface area contributed by atoms with Crippen molar-refractivity contribution in [2.24, 2.45) is 12.8 Å². The van der Waals surface area contributed by atoms with Gasteiger partial charge in [0.15, 0.2) is 0 Å². The number of carboxylic acids is 2. The number of aromatic nitrogens is 2. The minimum atomic E-state index is -1.08. The summed E-state index contributed by atoms with van der Waals surface area (Å²) in [5, 5.41) is 25.1. The Balaban J connectivity index is 0.000000590. The third kappa shape index (κ3) is 8.24. The number of nitriles is 1. The first kappa shape index (κ1) is 29.3. The molecule has 4 N–H and O–H groups in total. The zero-order chi connectivity index (χ0) is 25.4. The molecule has 1 aliphatic rings. The van der Waals surface area contributed by atoms with Gasteiger partial charge < -0.3 is 20.8 Å². The van der Waals surface area contributed by atoms with E-state index in [1.54, 1.807) is 0 Å². The van der Waals surface area contributed by atoms with Crippen LogP contribution in [-0.4, -0.2) is 50.4 Å². The van der Waals surface area contributed by atoms with Crippen LogP contribution in [0, 0.1) is 17.1 Å². The number of benzene rings is 1. The minimum absolute atomic E-state index is 0. The first-order valence-corrected chi connectivity index (χ1v) is 10.5. The van der Waals surface area contributed by atoms with Gasteiger partial charge in [0.1, 0.15) is 11.6 Å². The number of nitrogens with two attached hydrogens (primary N) is 1. The maximum atomic E-state index is 13.7. The third-order valence-corrected chi connectivity index (χ3v) is 5.23. The average molecular weight is 512 g/mol. The molecule has 1 aliphatic heterocycles. The van der Waals surface area contributed by atoms with Crippen LogP contribution in [0.5, 0.6) is 0 Å². The molecule has 1 aromatic heterocycles.